The molecule has 2 aromatic carbocycles. The highest BCUT2D eigenvalue weighted by atomic mass is 16.5. The maximum Gasteiger partial charge on any atom is 0.253 e. The van der Waals surface area contributed by atoms with Crippen LogP contribution in [0.2, 0.25) is 0 Å². The van der Waals surface area contributed by atoms with Crippen molar-refractivity contribution in [3.63, 3.8) is 0 Å². The summed E-state index contributed by atoms with van der Waals surface area (Å²) < 4.78 is 7.56. The van der Waals surface area contributed by atoms with Gasteiger partial charge in [-0.15, -0.1) is 0 Å². The van der Waals surface area contributed by atoms with Crippen LogP contribution in [-0.2, 0) is 0 Å². The Labute approximate surface area is 192 Å². The summed E-state index contributed by atoms with van der Waals surface area (Å²) in [5, 5.41) is 4.41. The number of amides is 1. The third-order valence-corrected chi connectivity index (χ3v) is 5.57. The molecule has 1 aliphatic rings. The van der Waals surface area contributed by atoms with Gasteiger partial charge < -0.3 is 14.5 Å². The number of hydrogen-bond donors (Lipinski definition) is 0. The van der Waals surface area contributed by atoms with E-state index in [4.69, 9.17) is 4.74 Å². The molecule has 3 heterocycles. The molecule has 166 valence electrons. The lowest BCUT2D eigenvalue weighted by molar-refractivity contribution is 0.0746. The van der Waals surface area contributed by atoms with Gasteiger partial charge in [0.15, 0.2) is 5.82 Å². The molecule has 8 nitrogen and oxygen atoms in total. The van der Waals surface area contributed by atoms with E-state index in [-0.39, 0.29) is 5.91 Å². The molecule has 2 aromatic heterocycles. The van der Waals surface area contributed by atoms with Gasteiger partial charge in [0.1, 0.15) is 23.6 Å². The van der Waals surface area contributed by atoms with Crippen molar-refractivity contribution in [3.05, 3.63) is 90.5 Å². The van der Waals surface area contributed by atoms with Crippen molar-refractivity contribution < 1.29 is 9.53 Å². The zero-order valence-corrected chi connectivity index (χ0v) is 18.3. The van der Waals surface area contributed by atoms with E-state index in [2.05, 4.69) is 20.0 Å². The smallest absolute Gasteiger partial charge is 0.253 e. The van der Waals surface area contributed by atoms with Gasteiger partial charge in [-0.3, -0.25) is 4.79 Å². The molecule has 1 fully saturated rings. The van der Waals surface area contributed by atoms with Gasteiger partial charge in [0, 0.05) is 44.0 Å². The van der Waals surface area contributed by atoms with Crippen LogP contribution >= 0.6 is 0 Å². The van der Waals surface area contributed by atoms with E-state index in [0.717, 1.165) is 23.1 Å². The minimum atomic E-state index is 0.0244. The monoisotopic (exact) mass is 440 g/mol. The number of nitrogens with zero attached hydrogens (tertiary/aromatic N) is 6. The van der Waals surface area contributed by atoms with Gasteiger partial charge in [-0.05, 0) is 49.4 Å². The normalized spacial score (nSPS) is 13.7. The van der Waals surface area contributed by atoms with Gasteiger partial charge in [-0.25, -0.2) is 14.6 Å². The van der Waals surface area contributed by atoms with Crippen LogP contribution in [0.15, 0.2) is 79.3 Å². The highest BCUT2D eigenvalue weighted by Crippen LogP contribution is 2.22. The SMILES string of the molecule is Cc1ccn(-c2cc(N3CCN(C(=O)c4ccc(Oc5ccccc5)cc4)CC3)ncn2)n1. The number of benzene rings is 2. The maximum absolute atomic E-state index is 13.0. The number of piperazine rings is 1. The molecule has 8 heteroatoms. The summed E-state index contributed by atoms with van der Waals surface area (Å²) in [7, 11) is 0. The van der Waals surface area contributed by atoms with Crippen molar-refractivity contribution >= 4 is 11.7 Å². The van der Waals surface area contributed by atoms with Gasteiger partial charge in [0.05, 0.1) is 5.69 Å². The Balaban J connectivity index is 1.20. The molecule has 5 rings (SSSR count). The molecule has 0 radical (unpaired) electrons. The third-order valence-electron chi connectivity index (χ3n) is 5.57. The first-order chi connectivity index (χ1) is 16.2. The molecule has 0 unspecified atom stereocenters. The van der Waals surface area contributed by atoms with Gasteiger partial charge >= 0.3 is 0 Å². The minimum Gasteiger partial charge on any atom is -0.457 e. The van der Waals surface area contributed by atoms with Crippen molar-refractivity contribution in [2.24, 2.45) is 0 Å². The summed E-state index contributed by atoms with van der Waals surface area (Å²) in [4.78, 5) is 25.8. The maximum atomic E-state index is 13.0. The van der Waals surface area contributed by atoms with Gasteiger partial charge in [0.2, 0.25) is 0 Å². The van der Waals surface area contributed by atoms with Crippen LogP contribution in [0.5, 0.6) is 11.5 Å². The van der Waals surface area contributed by atoms with Crippen LogP contribution in [0.3, 0.4) is 0 Å². The molecule has 1 saturated heterocycles. The number of aryl methyl sites for hydroxylation is 1. The van der Waals surface area contributed by atoms with Crippen LogP contribution in [0.4, 0.5) is 5.82 Å². The fourth-order valence-corrected chi connectivity index (χ4v) is 3.79. The number of hydrogen-bond acceptors (Lipinski definition) is 6. The molecule has 1 amide bonds. The molecular formula is C25H24N6O2. The highest BCUT2D eigenvalue weighted by Gasteiger charge is 2.23. The van der Waals surface area contributed by atoms with E-state index in [9.17, 15) is 4.79 Å². The van der Waals surface area contributed by atoms with Crippen LogP contribution in [0.25, 0.3) is 5.82 Å². The Morgan fingerprint density at radius 1 is 0.848 bits per heavy atom. The summed E-state index contributed by atoms with van der Waals surface area (Å²) in [5.41, 5.74) is 1.59. The first-order valence-corrected chi connectivity index (χ1v) is 10.9. The van der Waals surface area contributed by atoms with Gasteiger partial charge in [-0.1, -0.05) is 18.2 Å². The lowest BCUT2D eigenvalue weighted by Gasteiger charge is -2.35. The highest BCUT2D eigenvalue weighted by molar-refractivity contribution is 5.94. The standard InChI is InChI=1S/C25H24N6O2/c1-19-11-12-31(28-19)24-17-23(26-18-27-24)29-13-15-30(16-14-29)25(32)20-7-9-22(10-8-20)33-21-5-3-2-4-6-21/h2-12,17-18H,13-16H2,1H3. The number of ether oxygens (including phenoxy) is 1. The van der Waals surface area contributed by atoms with Crippen LogP contribution in [0, 0.1) is 6.92 Å². The van der Waals surface area contributed by atoms with E-state index in [0.29, 0.717) is 37.5 Å². The molecule has 0 N–H and O–H groups in total. The van der Waals surface area contributed by atoms with Crippen molar-refractivity contribution in [1.29, 1.82) is 0 Å². The number of rotatable bonds is 5. The van der Waals surface area contributed by atoms with Crippen LogP contribution < -0.4 is 9.64 Å². The fourth-order valence-electron chi connectivity index (χ4n) is 3.79. The Morgan fingerprint density at radius 3 is 2.24 bits per heavy atom. The quantitative estimate of drug-likeness (QED) is 0.471. The zero-order chi connectivity index (χ0) is 22.6. The Morgan fingerprint density at radius 2 is 1.55 bits per heavy atom. The molecule has 33 heavy (non-hydrogen) atoms. The van der Waals surface area contributed by atoms with Crippen LogP contribution in [-0.4, -0.2) is 56.7 Å². The lowest BCUT2D eigenvalue weighted by atomic mass is 10.1. The predicted molar refractivity (Wildman–Crippen MR) is 125 cm³/mol. The number of carbonyl (C=O) groups is 1. The zero-order valence-electron chi connectivity index (χ0n) is 18.3. The summed E-state index contributed by atoms with van der Waals surface area (Å²) in [5.74, 6) is 3.06. The first-order valence-electron chi connectivity index (χ1n) is 10.9. The number of carbonyl (C=O) groups excluding carboxylic acids is 1. The summed E-state index contributed by atoms with van der Waals surface area (Å²) in [6.07, 6.45) is 3.44. The second kappa shape index (κ2) is 9.12. The molecule has 0 spiro atoms. The summed E-state index contributed by atoms with van der Waals surface area (Å²) in [6.45, 7) is 4.60. The van der Waals surface area contributed by atoms with Crippen LogP contribution in [0.1, 0.15) is 16.1 Å². The van der Waals surface area contributed by atoms with Gasteiger partial charge in [0.25, 0.3) is 5.91 Å². The number of aromatic nitrogens is 4. The van der Waals surface area contributed by atoms with Crippen molar-refractivity contribution in [3.8, 4) is 17.3 Å². The minimum absolute atomic E-state index is 0.0244. The predicted octanol–water partition coefficient (Wildman–Crippen LogP) is 3.73. The summed E-state index contributed by atoms with van der Waals surface area (Å²) in [6, 6.07) is 20.7. The molecule has 0 aliphatic carbocycles. The lowest BCUT2D eigenvalue weighted by Crippen LogP contribution is -2.49. The average molecular weight is 441 g/mol. The molecule has 1 aliphatic heterocycles. The Kier molecular flexibility index (Phi) is 5.72. The average Bonchev–Trinajstić information content (AvgIpc) is 3.31. The molecule has 0 atom stereocenters. The van der Waals surface area contributed by atoms with Crippen molar-refractivity contribution in [2.45, 2.75) is 6.92 Å². The van der Waals surface area contributed by atoms with E-state index < -0.39 is 0 Å². The first kappa shape index (κ1) is 20.7. The van der Waals surface area contributed by atoms with E-state index in [1.165, 1.54) is 0 Å². The van der Waals surface area contributed by atoms with Crippen molar-refractivity contribution in [2.75, 3.05) is 31.1 Å². The Hall–Kier alpha value is -4.20. The molecule has 0 saturated carbocycles. The molecular weight excluding hydrogens is 416 g/mol. The van der Waals surface area contributed by atoms with E-state index >= 15 is 0 Å². The fraction of sp³-hybridized carbons (Fsp3) is 0.200. The van der Waals surface area contributed by atoms with Crippen molar-refractivity contribution in [1.82, 2.24) is 24.6 Å². The number of para-hydroxylation sites is 1. The topological polar surface area (TPSA) is 76.4 Å². The van der Waals surface area contributed by atoms with E-state index in [1.54, 1.807) is 11.0 Å². The third kappa shape index (κ3) is 4.69. The largest absolute Gasteiger partial charge is 0.457 e. The van der Waals surface area contributed by atoms with E-state index in [1.807, 2.05) is 84.8 Å². The second-order valence-electron chi connectivity index (χ2n) is 7.85. The number of anilines is 1. The Bertz CT molecular complexity index is 1230. The second-order valence-corrected chi connectivity index (χ2v) is 7.85. The molecule has 0 bridgehead atoms. The van der Waals surface area contributed by atoms with Gasteiger partial charge in [-0.2, -0.15) is 5.10 Å². The summed E-state index contributed by atoms with van der Waals surface area (Å²) >= 11 is 0. The molecule has 4 aromatic rings.